The molecule has 0 radical (unpaired) electrons. The lowest BCUT2D eigenvalue weighted by Crippen LogP contribution is -2.49. The maximum absolute atomic E-state index is 14.8. The van der Waals surface area contributed by atoms with Gasteiger partial charge >= 0.3 is 0 Å². The van der Waals surface area contributed by atoms with Crippen LogP contribution in [0.3, 0.4) is 0 Å². The van der Waals surface area contributed by atoms with Crippen LogP contribution in [0.2, 0.25) is 10.0 Å². The molecule has 42 heavy (non-hydrogen) atoms. The van der Waals surface area contributed by atoms with Crippen LogP contribution in [-0.2, 0) is 29.0 Å². The summed E-state index contributed by atoms with van der Waals surface area (Å²) in [6, 6.07) is 30.7. The third kappa shape index (κ3) is 5.62. The molecule has 0 unspecified atom stereocenters. The van der Waals surface area contributed by atoms with Crippen LogP contribution in [0, 0.1) is 0 Å². The maximum atomic E-state index is 14.8. The molecule has 4 aromatic rings. The average Bonchev–Trinajstić information content (AvgIpc) is 3.33. The van der Waals surface area contributed by atoms with Crippen LogP contribution in [-0.4, -0.2) is 40.6 Å². The van der Waals surface area contributed by atoms with E-state index in [9.17, 15) is 4.79 Å². The van der Waals surface area contributed by atoms with E-state index >= 15 is 0 Å². The molecule has 2 aliphatic rings. The van der Waals surface area contributed by atoms with E-state index < -0.39 is 11.6 Å². The van der Waals surface area contributed by atoms with Crippen molar-refractivity contribution in [3.05, 3.63) is 135 Å². The van der Waals surface area contributed by atoms with Crippen molar-refractivity contribution in [2.24, 2.45) is 4.99 Å². The van der Waals surface area contributed by atoms with Gasteiger partial charge in [0.2, 0.25) is 5.90 Å². The maximum Gasteiger partial charge on any atom is 0.255 e. The molecule has 2 aliphatic heterocycles. The summed E-state index contributed by atoms with van der Waals surface area (Å²) >= 11 is 13.0. The van der Waals surface area contributed by atoms with Gasteiger partial charge in [-0.1, -0.05) is 83.9 Å². The van der Waals surface area contributed by atoms with Gasteiger partial charge in [-0.05, 0) is 53.1 Å². The van der Waals surface area contributed by atoms with Crippen molar-refractivity contribution < 1.29 is 19.4 Å². The van der Waals surface area contributed by atoms with Gasteiger partial charge in [-0.15, -0.1) is 0 Å². The molecule has 0 bridgehead atoms. The highest BCUT2D eigenvalue weighted by molar-refractivity contribution is 6.35. The lowest BCUT2D eigenvalue weighted by molar-refractivity contribution is -0.140. The first-order valence-corrected chi connectivity index (χ1v) is 14.7. The van der Waals surface area contributed by atoms with E-state index in [2.05, 4.69) is 12.1 Å². The summed E-state index contributed by atoms with van der Waals surface area (Å²) in [7, 11) is 0. The van der Waals surface area contributed by atoms with Gasteiger partial charge in [-0.2, -0.15) is 0 Å². The Balaban J connectivity index is 1.46. The molecule has 1 N–H and O–H groups in total. The fourth-order valence-corrected chi connectivity index (χ4v) is 6.12. The minimum absolute atomic E-state index is 0.0674. The lowest BCUT2D eigenvalue weighted by atomic mass is 9.81. The second-order valence-electron chi connectivity index (χ2n) is 10.5. The minimum atomic E-state index is -1.30. The van der Waals surface area contributed by atoms with Gasteiger partial charge in [0.15, 0.2) is 11.6 Å². The van der Waals surface area contributed by atoms with Crippen molar-refractivity contribution in [1.82, 2.24) is 4.90 Å². The second-order valence-corrected chi connectivity index (χ2v) is 11.4. The summed E-state index contributed by atoms with van der Waals surface area (Å²) < 4.78 is 12.3. The highest BCUT2D eigenvalue weighted by atomic mass is 35.5. The number of benzene rings is 4. The fourth-order valence-electron chi connectivity index (χ4n) is 5.62. The van der Waals surface area contributed by atoms with E-state index in [0.717, 1.165) is 22.3 Å². The zero-order valence-corrected chi connectivity index (χ0v) is 24.4. The Morgan fingerprint density at radius 3 is 2.43 bits per heavy atom. The Morgan fingerprint density at radius 1 is 0.952 bits per heavy atom. The number of hydrogen-bond acceptors (Lipinski definition) is 5. The number of carbonyl (C=O) groups excluding carboxylic acids is 1. The number of carbonyl (C=O) groups is 1. The van der Waals surface area contributed by atoms with E-state index in [1.165, 1.54) is 0 Å². The molecular formula is C34H30Cl2N2O4. The number of aliphatic imine (C=N–C) groups is 1. The van der Waals surface area contributed by atoms with Crippen LogP contribution in [0.5, 0.6) is 5.75 Å². The Morgan fingerprint density at radius 2 is 1.69 bits per heavy atom. The minimum Gasteiger partial charge on any atom is -0.494 e. The SMILES string of the molecule is O=C1N(Cc2ccccc2)Cc2ccccc2C[C@]12N=C(c1ccc(OCCCO)cc1)O[C@@H]2c1ccc(Cl)cc1Cl. The summed E-state index contributed by atoms with van der Waals surface area (Å²) in [4.78, 5) is 21.8. The number of aliphatic hydroxyl groups is 1. The van der Waals surface area contributed by atoms with Gasteiger partial charge in [-0.3, -0.25) is 4.79 Å². The molecule has 0 saturated carbocycles. The normalized spacial score (nSPS) is 19.7. The van der Waals surface area contributed by atoms with Crippen molar-refractivity contribution in [2.75, 3.05) is 13.2 Å². The largest absolute Gasteiger partial charge is 0.494 e. The number of nitrogens with zero attached hydrogens (tertiary/aromatic N) is 2. The highest BCUT2D eigenvalue weighted by Crippen LogP contribution is 2.47. The van der Waals surface area contributed by atoms with Crippen LogP contribution in [0.4, 0.5) is 0 Å². The molecule has 1 amide bonds. The predicted molar refractivity (Wildman–Crippen MR) is 164 cm³/mol. The molecule has 0 fully saturated rings. The third-order valence-electron chi connectivity index (χ3n) is 7.70. The van der Waals surface area contributed by atoms with Gasteiger partial charge in [-0.25, -0.2) is 4.99 Å². The molecule has 2 atom stereocenters. The molecule has 2 heterocycles. The number of halogens is 2. The highest BCUT2D eigenvalue weighted by Gasteiger charge is 2.56. The number of ether oxygens (including phenoxy) is 2. The summed E-state index contributed by atoms with van der Waals surface area (Å²) in [6.07, 6.45) is 0.116. The van der Waals surface area contributed by atoms with Crippen LogP contribution in [0.15, 0.2) is 102 Å². The Labute approximate surface area is 255 Å². The first kappa shape index (κ1) is 28.3. The first-order valence-electron chi connectivity index (χ1n) is 13.9. The number of hydrogen-bond donors (Lipinski definition) is 1. The Hall–Kier alpha value is -3.84. The number of fused-ring (bicyclic) bond motifs is 1. The molecule has 4 aromatic carbocycles. The van der Waals surface area contributed by atoms with E-state index in [0.29, 0.717) is 59.8 Å². The van der Waals surface area contributed by atoms with Gasteiger partial charge in [0.1, 0.15) is 5.75 Å². The smallest absolute Gasteiger partial charge is 0.255 e. The van der Waals surface area contributed by atoms with Crippen molar-refractivity contribution in [2.45, 2.75) is 37.6 Å². The van der Waals surface area contributed by atoms with E-state index in [-0.39, 0.29) is 12.5 Å². The van der Waals surface area contributed by atoms with Crippen LogP contribution in [0.1, 0.15) is 40.3 Å². The zero-order chi connectivity index (χ0) is 29.1. The molecule has 214 valence electrons. The first-order chi connectivity index (χ1) is 20.5. The van der Waals surface area contributed by atoms with Crippen molar-refractivity contribution in [3.63, 3.8) is 0 Å². The Kier molecular flexibility index (Phi) is 8.20. The predicted octanol–water partition coefficient (Wildman–Crippen LogP) is 6.80. The third-order valence-corrected chi connectivity index (χ3v) is 8.26. The van der Waals surface area contributed by atoms with Gasteiger partial charge in [0, 0.05) is 53.7 Å². The van der Waals surface area contributed by atoms with Gasteiger partial charge < -0.3 is 19.5 Å². The van der Waals surface area contributed by atoms with Crippen molar-refractivity contribution in [1.29, 1.82) is 0 Å². The summed E-state index contributed by atoms with van der Waals surface area (Å²) in [6.45, 7) is 1.37. The summed E-state index contributed by atoms with van der Waals surface area (Å²) in [5.41, 5.74) is 3.21. The average molecular weight is 602 g/mol. The molecule has 1 spiro atoms. The van der Waals surface area contributed by atoms with Crippen LogP contribution < -0.4 is 4.74 Å². The number of rotatable bonds is 8. The van der Waals surface area contributed by atoms with E-state index in [1.807, 2.05) is 77.7 Å². The molecule has 0 saturated heterocycles. The monoisotopic (exact) mass is 600 g/mol. The van der Waals surface area contributed by atoms with Crippen molar-refractivity contribution >= 4 is 35.0 Å². The number of amides is 1. The van der Waals surface area contributed by atoms with Gasteiger partial charge in [0.25, 0.3) is 5.91 Å². The quantitative estimate of drug-likeness (QED) is 0.226. The van der Waals surface area contributed by atoms with Crippen molar-refractivity contribution in [3.8, 4) is 5.75 Å². The van der Waals surface area contributed by atoms with E-state index in [1.54, 1.807) is 12.1 Å². The lowest BCUT2D eigenvalue weighted by Gasteiger charge is -2.33. The van der Waals surface area contributed by atoms with Gasteiger partial charge in [0.05, 0.1) is 6.61 Å². The summed E-state index contributed by atoms with van der Waals surface area (Å²) in [5, 5.41) is 9.96. The number of aliphatic hydroxyl groups excluding tert-OH is 1. The molecule has 6 nitrogen and oxygen atoms in total. The Bertz CT molecular complexity index is 1610. The molecule has 0 aromatic heterocycles. The molecule has 0 aliphatic carbocycles. The summed E-state index contributed by atoms with van der Waals surface area (Å²) in [5.74, 6) is 0.907. The molecular weight excluding hydrogens is 571 g/mol. The second kappa shape index (κ2) is 12.2. The zero-order valence-electron chi connectivity index (χ0n) is 22.9. The van der Waals surface area contributed by atoms with Crippen LogP contribution >= 0.6 is 23.2 Å². The topological polar surface area (TPSA) is 71.4 Å². The molecule has 6 rings (SSSR count). The van der Waals surface area contributed by atoms with Crippen LogP contribution in [0.25, 0.3) is 0 Å². The standard InChI is InChI=1S/C34H30Cl2N2O4/c35-27-13-16-29(30(36)19-27)31-34(37-32(42-31)24-11-14-28(15-12-24)41-18-6-17-39)20-25-9-4-5-10-26(25)22-38(33(34)40)21-23-7-2-1-3-8-23/h1-5,7-16,19,31,39H,6,17-18,20-22H2/t31-,34-/m1/s1. The molecule has 8 heteroatoms. The van der Waals surface area contributed by atoms with E-state index in [4.69, 9.17) is 42.8 Å². The fraction of sp³-hybridized carbons (Fsp3) is 0.235.